The number of amides is 1. The summed E-state index contributed by atoms with van der Waals surface area (Å²) in [6, 6.07) is 24.1. The van der Waals surface area contributed by atoms with Crippen LogP contribution >= 0.6 is 11.6 Å². The van der Waals surface area contributed by atoms with Gasteiger partial charge in [0.15, 0.2) is 0 Å². The lowest BCUT2D eigenvalue weighted by Crippen LogP contribution is -2.11. The quantitative estimate of drug-likeness (QED) is 0.556. The third-order valence-corrected chi connectivity index (χ3v) is 4.35. The molecule has 0 saturated carbocycles. The van der Waals surface area contributed by atoms with Gasteiger partial charge in [-0.1, -0.05) is 47.1 Å². The Morgan fingerprint density at radius 3 is 2.30 bits per heavy atom. The van der Waals surface area contributed by atoms with E-state index in [4.69, 9.17) is 11.6 Å². The van der Waals surface area contributed by atoms with Gasteiger partial charge in [0.25, 0.3) is 5.91 Å². The van der Waals surface area contributed by atoms with E-state index in [-0.39, 0.29) is 5.91 Å². The van der Waals surface area contributed by atoms with Crippen molar-refractivity contribution in [3.05, 3.63) is 95.6 Å². The van der Waals surface area contributed by atoms with Crippen LogP contribution in [-0.2, 0) is 0 Å². The second kappa shape index (κ2) is 7.43. The van der Waals surface area contributed by atoms with Gasteiger partial charge >= 0.3 is 0 Å². The maximum atomic E-state index is 12.3. The maximum Gasteiger partial charge on any atom is 0.255 e. The smallest absolute Gasteiger partial charge is 0.255 e. The Morgan fingerprint density at radius 1 is 0.889 bits per heavy atom. The number of halogens is 1. The first kappa shape index (κ1) is 17.0. The molecule has 5 nitrogen and oxygen atoms in total. The molecule has 0 atom stereocenters. The Hall–Kier alpha value is -3.44. The largest absolute Gasteiger partial charge is 0.322 e. The Bertz CT molecular complexity index is 1060. The number of rotatable bonds is 4. The van der Waals surface area contributed by atoms with Crippen molar-refractivity contribution >= 4 is 23.2 Å². The average molecular weight is 375 g/mol. The molecule has 0 aliphatic carbocycles. The van der Waals surface area contributed by atoms with Gasteiger partial charge in [0.1, 0.15) is 0 Å². The van der Waals surface area contributed by atoms with Crippen molar-refractivity contribution < 1.29 is 4.79 Å². The predicted molar refractivity (Wildman–Crippen MR) is 106 cm³/mol. The molecule has 1 heterocycles. The Morgan fingerprint density at radius 2 is 1.59 bits per heavy atom. The fourth-order valence-corrected chi connectivity index (χ4v) is 2.85. The van der Waals surface area contributed by atoms with Crippen LogP contribution in [0.15, 0.2) is 85.1 Å². The van der Waals surface area contributed by atoms with Gasteiger partial charge in [0.05, 0.1) is 17.6 Å². The first-order valence-corrected chi connectivity index (χ1v) is 8.72. The normalized spacial score (nSPS) is 10.6. The predicted octanol–water partition coefficient (Wildman–Crippen LogP) is 4.84. The highest BCUT2D eigenvalue weighted by Crippen LogP contribution is 2.22. The van der Waals surface area contributed by atoms with Gasteiger partial charge in [-0.05, 0) is 48.5 Å². The molecule has 1 amide bonds. The monoisotopic (exact) mass is 374 g/mol. The summed E-state index contributed by atoms with van der Waals surface area (Å²) in [7, 11) is 0. The number of nitrogens with zero attached hydrogens (tertiary/aromatic N) is 3. The summed E-state index contributed by atoms with van der Waals surface area (Å²) >= 11 is 5.85. The molecule has 0 bridgehead atoms. The molecule has 132 valence electrons. The standard InChI is InChI=1S/C21H15ClN4O/c22-17-8-6-16(7-9-17)21(27)24-18-10-12-19(13-11-18)26-20(14-23-25-26)15-4-2-1-3-5-15/h1-14H,(H,24,27). The van der Waals surface area contributed by atoms with Crippen LogP contribution in [0.1, 0.15) is 10.4 Å². The summed E-state index contributed by atoms with van der Waals surface area (Å²) < 4.78 is 1.76. The van der Waals surface area contributed by atoms with Crippen molar-refractivity contribution in [2.24, 2.45) is 0 Å². The number of nitrogens with one attached hydrogen (secondary N) is 1. The molecule has 0 aliphatic rings. The Labute approximate surface area is 161 Å². The summed E-state index contributed by atoms with van der Waals surface area (Å²) in [6.45, 7) is 0. The Balaban J connectivity index is 1.54. The van der Waals surface area contributed by atoms with Gasteiger partial charge in [-0.3, -0.25) is 4.79 Å². The second-order valence-electron chi connectivity index (χ2n) is 5.90. The fourth-order valence-electron chi connectivity index (χ4n) is 2.72. The van der Waals surface area contributed by atoms with Crippen molar-refractivity contribution in [1.29, 1.82) is 0 Å². The summed E-state index contributed by atoms with van der Waals surface area (Å²) in [5.74, 6) is -0.190. The van der Waals surface area contributed by atoms with Crippen LogP contribution < -0.4 is 5.32 Å². The first-order valence-electron chi connectivity index (χ1n) is 8.34. The van der Waals surface area contributed by atoms with Gasteiger partial charge in [0.2, 0.25) is 0 Å². The molecule has 4 rings (SSSR count). The zero-order chi connectivity index (χ0) is 18.6. The molecule has 0 fully saturated rings. The van der Waals surface area contributed by atoms with Crippen LogP contribution in [0.25, 0.3) is 16.9 Å². The van der Waals surface area contributed by atoms with Crippen LogP contribution in [0.4, 0.5) is 5.69 Å². The van der Waals surface area contributed by atoms with Crippen LogP contribution in [0.2, 0.25) is 5.02 Å². The third kappa shape index (κ3) is 3.73. The average Bonchev–Trinajstić information content (AvgIpc) is 3.19. The van der Waals surface area contributed by atoms with E-state index in [1.165, 1.54) is 0 Å². The van der Waals surface area contributed by atoms with E-state index in [0.29, 0.717) is 16.3 Å². The zero-order valence-electron chi connectivity index (χ0n) is 14.2. The molecule has 0 radical (unpaired) electrons. The lowest BCUT2D eigenvalue weighted by molar-refractivity contribution is 0.102. The summed E-state index contributed by atoms with van der Waals surface area (Å²) in [4.78, 5) is 12.3. The lowest BCUT2D eigenvalue weighted by Gasteiger charge is -2.09. The summed E-state index contributed by atoms with van der Waals surface area (Å²) in [5, 5.41) is 11.7. The van der Waals surface area contributed by atoms with E-state index in [1.807, 2.05) is 54.6 Å². The van der Waals surface area contributed by atoms with Crippen molar-refractivity contribution in [3.8, 4) is 16.9 Å². The molecule has 4 aromatic rings. The zero-order valence-corrected chi connectivity index (χ0v) is 15.0. The van der Waals surface area contributed by atoms with E-state index >= 15 is 0 Å². The highest BCUT2D eigenvalue weighted by Gasteiger charge is 2.09. The molecule has 0 saturated heterocycles. The molecule has 1 aromatic heterocycles. The number of hydrogen-bond acceptors (Lipinski definition) is 3. The lowest BCUT2D eigenvalue weighted by atomic mass is 10.1. The highest BCUT2D eigenvalue weighted by atomic mass is 35.5. The molecule has 3 aromatic carbocycles. The van der Waals surface area contributed by atoms with Crippen molar-refractivity contribution in [2.75, 3.05) is 5.32 Å². The van der Waals surface area contributed by atoms with Gasteiger partial charge in [-0.2, -0.15) is 0 Å². The minimum atomic E-state index is -0.190. The van der Waals surface area contributed by atoms with Crippen LogP contribution in [-0.4, -0.2) is 20.9 Å². The van der Waals surface area contributed by atoms with Crippen molar-refractivity contribution in [3.63, 3.8) is 0 Å². The number of carbonyl (C=O) groups is 1. The highest BCUT2D eigenvalue weighted by molar-refractivity contribution is 6.30. The molecular weight excluding hydrogens is 360 g/mol. The summed E-state index contributed by atoms with van der Waals surface area (Å²) in [6.07, 6.45) is 1.73. The number of aromatic nitrogens is 3. The number of carbonyl (C=O) groups excluding carboxylic acids is 1. The number of hydrogen-bond donors (Lipinski definition) is 1. The molecule has 0 aliphatic heterocycles. The van der Waals surface area contributed by atoms with E-state index in [1.54, 1.807) is 35.1 Å². The topological polar surface area (TPSA) is 59.8 Å². The van der Waals surface area contributed by atoms with Crippen LogP contribution in [0.3, 0.4) is 0 Å². The third-order valence-electron chi connectivity index (χ3n) is 4.09. The maximum absolute atomic E-state index is 12.3. The minimum Gasteiger partial charge on any atom is -0.322 e. The molecule has 0 spiro atoms. The van der Waals surface area contributed by atoms with E-state index < -0.39 is 0 Å². The summed E-state index contributed by atoms with van der Waals surface area (Å²) in [5.41, 5.74) is 4.03. The number of anilines is 1. The second-order valence-corrected chi connectivity index (χ2v) is 6.34. The fraction of sp³-hybridized carbons (Fsp3) is 0. The molecule has 0 unspecified atom stereocenters. The number of benzene rings is 3. The van der Waals surface area contributed by atoms with Gasteiger partial charge in [-0.25, -0.2) is 4.68 Å². The van der Waals surface area contributed by atoms with Gasteiger partial charge in [0, 0.05) is 21.8 Å². The SMILES string of the molecule is O=C(Nc1ccc(-n2nncc2-c2ccccc2)cc1)c1ccc(Cl)cc1. The van der Waals surface area contributed by atoms with Crippen LogP contribution in [0, 0.1) is 0 Å². The molecule has 27 heavy (non-hydrogen) atoms. The molecule has 6 heteroatoms. The van der Waals surface area contributed by atoms with E-state index in [9.17, 15) is 4.79 Å². The van der Waals surface area contributed by atoms with Crippen molar-refractivity contribution in [2.45, 2.75) is 0 Å². The molecular formula is C21H15ClN4O. The minimum absolute atomic E-state index is 0.190. The van der Waals surface area contributed by atoms with Gasteiger partial charge in [-0.15, -0.1) is 5.10 Å². The molecule has 1 N–H and O–H groups in total. The first-order chi connectivity index (χ1) is 13.2. The van der Waals surface area contributed by atoms with Gasteiger partial charge < -0.3 is 5.32 Å². The van der Waals surface area contributed by atoms with E-state index in [0.717, 1.165) is 16.9 Å². The van der Waals surface area contributed by atoms with Crippen molar-refractivity contribution in [1.82, 2.24) is 15.0 Å². The van der Waals surface area contributed by atoms with E-state index in [2.05, 4.69) is 15.6 Å². The Kier molecular flexibility index (Phi) is 4.68. The van der Waals surface area contributed by atoms with Crippen LogP contribution in [0.5, 0.6) is 0 Å².